The zero-order valence-corrected chi connectivity index (χ0v) is 11.8. The van der Waals surface area contributed by atoms with E-state index in [0.717, 1.165) is 28.9 Å². The number of thiophene rings is 1. The SMILES string of the molecule is COC1CC(Nc2nc(Cl)nc3sc(C)cc23)C1. The molecule has 0 atom stereocenters. The third-order valence-corrected chi connectivity index (χ3v) is 4.37. The second-order valence-electron chi connectivity index (χ2n) is 4.59. The molecule has 4 nitrogen and oxygen atoms in total. The van der Waals surface area contributed by atoms with Crippen LogP contribution in [0.1, 0.15) is 17.7 Å². The first-order chi connectivity index (χ1) is 8.65. The van der Waals surface area contributed by atoms with E-state index in [9.17, 15) is 0 Å². The third kappa shape index (κ3) is 2.18. The number of fused-ring (bicyclic) bond motifs is 1. The van der Waals surface area contributed by atoms with E-state index >= 15 is 0 Å². The summed E-state index contributed by atoms with van der Waals surface area (Å²) in [5.74, 6) is 0.842. The molecule has 96 valence electrons. The lowest BCUT2D eigenvalue weighted by Gasteiger charge is -2.35. The maximum atomic E-state index is 5.95. The molecule has 0 radical (unpaired) electrons. The summed E-state index contributed by atoms with van der Waals surface area (Å²) in [6.07, 6.45) is 2.41. The summed E-state index contributed by atoms with van der Waals surface area (Å²) in [4.78, 5) is 10.7. The van der Waals surface area contributed by atoms with Crippen molar-refractivity contribution in [1.82, 2.24) is 9.97 Å². The topological polar surface area (TPSA) is 47.0 Å². The average molecular weight is 284 g/mol. The Bertz CT molecular complexity index is 580. The lowest BCUT2D eigenvalue weighted by Crippen LogP contribution is -2.40. The second-order valence-corrected chi connectivity index (χ2v) is 6.16. The second kappa shape index (κ2) is 4.64. The zero-order chi connectivity index (χ0) is 12.7. The van der Waals surface area contributed by atoms with Gasteiger partial charge >= 0.3 is 0 Å². The first-order valence-electron chi connectivity index (χ1n) is 5.88. The highest BCUT2D eigenvalue weighted by Gasteiger charge is 2.29. The zero-order valence-electron chi connectivity index (χ0n) is 10.2. The summed E-state index contributed by atoms with van der Waals surface area (Å²) in [5.41, 5.74) is 0. The molecule has 1 aliphatic rings. The molecule has 2 aromatic heterocycles. The van der Waals surface area contributed by atoms with Crippen molar-refractivity contribution in [3.63, 3.8) is 0 Å². The Morgan fingerprint density at radius 3 is 2.94 bits per heavy atom. The van der Waals surface area contributed by atoms with E-state index in [1.807, 2.05) is 0 Å². The van der Waals surface area contributed by atoms with Crippen LogP contribution in [0, 0.1) is 6.92 Å². The van der Waals surface area contributed by atoms with E-state index in [0.29, 0.717) is 17.4 Å². The molecule has 0 bridgehead atoms. The van der Waals surface area contributed by atoms with E-state index in [-0.39, 0.29) is 0 Å². The van der Waals surface area contributed by atoms with Crippen molar-refractivity contribution >= 4 is 39.0 Å². The monoisotopic (exact) mass is 283 g/mol. The lowest BCUT2D eigenvalue weighted by molar-refractivity contribution is 0.0328. The minimum absolute atomic E-state index is 0.300. The number of anilines is 1. The molecule has 6 heteroatoms. The molecular weight excluding hydrogens is 270 g/mol. The molecule has 0 amide bonds. The minimum atomic E-state index is 0.300. The van der Waals surface area contributed by atoms with Crippen LogP contribution in [0.3, 0.4) is 0 Å². The van der Waals surface area contributed by atoms with E-state index in [1.165, 1.54) is 4.88 Å². The number of halogens is 1. The van der Waals surface area contributed by atoms with Crippen molar-refractivity contribution in [2.45, 2.75) is 31.9 Å². The van der Waals surface area contributed by atoms with Gasteiger partial charge in [0.2, 0.25) is 5.28 Å². The fourth-order valence-electron chi connectivity index (χ4n) is 2.20. The molecule has 0 spiro atoms. The first kappa shape index (κ1) is 12.1. The van der Waals surface area contributed by atoms with Crippen LogP contribution in [-0.4, -0.2) is 29.2 Å². The van der Waals surface area contributed by atoms with Crippen LogP contribution in [0.15, 0.2) is 6.07 Å². The highest BCUT2D eigenvalue weighted by molar-refractivity contribution is 7.18. The fourth-order valence-corrected chi connectivity index (χ4v) is 3.29. The van der Waals surface area contributed by atoms with Gasteiger partial charge in [-0.1, -0.05) is 0 Å². The average Bonchev–Trinajstić information content (AvgIpc) is 2.62. The number of aromatic nitrogens is 2. The molecule has 1 saturated carbocycles. The Morgan fingerprint density at radius 1 is 1.44 bits per heavy atom. The van der Waals surface area contributed by atoms with Crippen LogP contribution in [0.5, 0.6) is 0 Å². The van der Waals surface area contributed by atoms with Crippen LogP contribution >= 0.6 is 22.9 Å². The predicted octanol–water partition coefficient (Wildman–Crippen LogP) is 3.24. The van der Waals surface area contributed by atoms with Gasteiger partial charge in [-0.15, -0.1) is 11.3 Å². The van der Waals surface area contributed by atoms with Crippen LogP contribution in [-0.2, 0) is 4.74 Å². The smallest absolute Gasteiger partial charge is 0.225 e. The number of ether oxygens (including phenoxy) is 1. The van der Waals surface area contributed by atoms with Crippen molar-refractivity contribution in [3.8, 4) is 0 Å². The number of hydrogen-bond acceptors (Lipinski definition) is 5. The van der Waals surface area contributed by atoms with Gasteiger partial charge in [-0.2, -0.15) is 0 Å². The summed E-state index contributed by atoms with van der Waals surface area (Å²) < 4.78 is 5.27. The highest BCUT2D eigenvalue weighted by Crippen LogP contribution is 2.32. The molecule has 0 aliphatic heterocycles. The maximum absolute atomic E-state index is 5.95. The molecule has 2 heterocycles. The van der Waals surface area contributed by atoms with Crippen LogP contribution in [0.25, 0.3) is 10.2 Å². The van der Waals surface area contributed by atoms with Crippen molar-refractivity contribution in [2.75, 3.05) is 12.4 Å². The van der Waals surface area contributed by atoms with E-state index in [2.05, 4.69) is 28.3 Å². The highest BCUT2D eigenvalue weighted by atomic mass is 35.5. The summed E-state index contributed by atoms with van der Waals surface area (Å²) in [7, 11) is 1.75. The number of nitrogens with zero attached hydrogens (tertiary/aromatic N) is 2. The normalized spacial score (nSPS) is 23.1. The van der Waals surface area contributed by atoms with Crippen LogP contribution < -0.4 is 5.32 Å². The first-order valence-corrected chi connectivity index (χ1v) is 7.08. The molecule has 3 rings (SSSR count). The van der Waals surface area contributed by atoms with Crippen LogP contribution in [0.4, 0.5) is 5.82 Å². The number of nitrogens with one attached hydrogen (secondary N) is 1. The van der Waals surface area contributed by atoms with Gasteiger partial charge < -0.3 is 10.1 Å². The lowest BCUT2D eigenvalue weighted by atomic mass is 9.89. The van der Waals surface area contributed by atoms with Gasteiger partial charge in [0.1, 0.15) is 10.6 Å². The summed E-state index contributed by atoms with van der Waals surface area (Å²) in [6.45, 7) is 2.06. The van der Waals surface area contributed by atoms with E-state index in [1.54, 1.807) is 18.4 Å². The van der Waals surface area contributed by atoms with Gasteiger partial charge in [-0.05, 0) is 37.4 Å². The Balaban J connectivity index is 1.87. The Labute approximate surface area is 114 Å². The largest absolute Gasteiger partial charge is 0.381 e. The van der Waals surface area contributed by atoms with E-state index in [4.69, 9.17) is 16.3 Å². The van der Waals surface area contributed by atoms with Gasteiger partial charge in [0, 0.05) is 18.0 Å². The summed E-state index contributed by atoms with van der Waals surface area (Å²) >= 11 is 7.59. The molecule has 2 aromatic rings. The van der Waals surface area contributed by atoms with Gasteiger partial charge in [0.25, 0.3) is 0 Å². The van der Waals surface area contributed by atoms with Crippen molar-refractivity contribution in [2.24, 2.45) is 0 Å². The standard InChI is InChI=1S/C12H14ClN3OS/c1-6-3-9-10(14-7-4-8(5-7)17-2)15-12(13)16-11(9)18-6/h3,7-8H,4-5H2,1-2H3,(H,14,15,16). The van der Waals surface area contributed by atoms with Gasteiger partial charge in [0.15, 0.2) is 0 Å². The Hall–Kier alpha value is -0.910. The number of methoxy groups -OCH3 is 1. The number of hydrogen-bond donors (Lipinski definition) is 1. The summed E-state index contributed by atoms with van der Waals surface area (Å²) in [6, 6.07) is 2.52. The predicted molar refractivity (Wildman–Crippen MR) is 74.6 cm³/mol. The fraction of sp³-hybridized carbons (Fsp3) is 0.500. The van der Waals surface area contributed by atoms with Gasteiger partial charge in [-0.25, -0.2) is 9.97 Å². The molecule has 1 N–H and O–H groups in total. The van der Waals surface area contributed by atoms with Gasteiger partial charge in [0.05, 0.1) is 11.5 Å². The molecule has 0 unspecified atom stereocenters. The molecule has 1 fully saturated rings. The van der Waals surface area contributed by atoms with E-state index < -0.39 is 0 Å². The molecular formula is C12H14ClN3OS. The quantitative estimate of drug-likeness (QED) is 0.879. The number of aryl methyl sites for hydroxylation is 1. The van der Waals surface area contributed by atoms with Gasteiger partial charge in [-0.3, -0.25) is 0 Å². The van der Waals surface area contributed by atoms with Crippen molar-refractivity contribution < 1.29 is 4.74 Å². The maximum Gasteiger partial charge on any atom is 0.225 e. The Kier molecular flexibility index (Phi) is 3.13. The van der Waals surface area contributed by atoms with Crippen molar-refractivity contribution in [3.05, 3.63) is 16.2 Å². The molecule has 1 aliphatic carbocycles. The Morgan fingerprint density at radius 2 is 2.22 bits per heavy atom. The minimum Gasteiger partial charge on any atom is -0.381 e. The summed E-state index contributed by atoms with van der Waals surface area (Å²) in [5, 5.41) is 4.79. The molecule has 18 heavy (non-hydrogen) atoms. The van der Waals surface area contributed by atoms with Crippen molar-refractivity contribution in [1.29, 1.82) is 0 Å². The van der Waals surface area contributed by atoms with Crippen LogP contribution in [0.2, 0.25) is 5.28 Å². The molecule has 0 saturated heterocycles. The molecule has 0 aromatic carbocycles. The third-order valence-electron chi connectivity index (χ3n) is 3.26. The number of rotatable bonds is 3.